The second kappa shape index (κ2) is 9.09. The van der Waals surface area contributed by atoms with Gasteiger partial charge in [0.15, 0.2) is 12.1 Å². The van der Waals surface area contributed by atoms with Crippen LogP contribution in [0.25, 0.3) is 0 Å². The average Bonchev–Trinajstić information content (AvgIpc) is 2.65. The van der Waals surface area contributed by atoms with Gasteiger partial charge in [-0.2, -0.15) is 0 Å². The lowest BCUT2D eigenvalue weighted by atomic mass is 9.58. The van der Waals surface area contributed by atoms with Crippen LogP contribution < -0.4 is 0 Å². The summed E-state index contributed by atoms with van der Waals surface area (Å²) >= 11 is 0. The summed E-state index contributed by atoms with van der Waals surface area (Å²) in [5.74, 6) is -0.155. The first-order valence-electron chi connectivity index (χ1n) is 10.1. The quantitative estimate of drug-likeness (QED) is 0.526. The minimum Gasteiger partial charge on any atom is -0.387 e. The summed E-state index contributed by atoms with van der Waals surface area (Å²) in [6, 6.07) is 0. The van der Waals surface area contributed by atoms with Gasteiger partial charge >= 0.3 is 0 Å². The zero-order valence-corrected chi connectivity index (χ0v) is 18.3. The predicted octanol–water partition coefficient (Wildman–Crippen LogP) is 0.956. The number of carbonyl (C=O) groups is 1. The Labute approximate surface area is 172 Å². The number of methoxy groups -OCH3 is 2. The second-order valence-corrected chi connectivity index (χ2v) is 8.95. The van der Waals surface area contributed by atoms with Crippen molar-refractivity contribution in [3.8, 4) is 0 Å². The summed E-state index contributed by atoms with van der Waals surface area (Å²) in [4.78, 5) is 11.5. The number of hydrogen-bond donors (Lipinski definition) is 3. The van der Waals surface area contributed by atoms with Crippen molar-refractivity contribution in [3.63, 3.8) is 0 Å². The fraction of sp³-hybridized carbons (Fsp3) is 0.857. The van der Waals surface area contributed by atoms with Gasteiger partial charge in [0.05, 0.1) is 12.2 Å². The molecule has 2 aliphatic rings. The number of rotatable bonds is 7. The van der Waals surface area contributed by atoms with Gasteiger partial charge in [0.25, 0.3) is 0 Å². The molecule has 29 heavy (non-hydrogen) atoms. The van der Waals surface area contributed by atoms with Crippen LogP contribution in [0.2, 0.25) is 0 Å². The lowest BCUT2D eigenvalue weighted by Gasteiger charge is -2.56. The summed E-state index contributed by atoms with van der Waals surface area (Å²) in [5.41, 5.74) is -2.91. The van der Waals surface area contributed by atoms with Gasteiger partial charge in [0.1, 0.15) is 30.0 Å². The number of aliphatic hydroxyl groups excluding tert-OH is 2. The summed E-state index contributed by atoms with van der Waals surface area (Å²) in [6.45, 7) is 7.17. The molecule has 1 aliphatic heterocycles. The van der Waals surface area contributed by atoms with E-state index < -0.39 is 47.3 Å². The minimum absolute atomic E-state index is 0.00491. The lowest BCUT2D eigenvalue weighted by Crippen LogP contribution is -2.65. The fourth-order valence-electron chi connectivity index (χ4n) is 4.58. The predicted molar refractivity (Wildman–Crippen MR) is 105 cm³/mol. The highest BCUT2D eigenvalue weighted by atomic mass is 16.7. The Kier molecular flexibility index (Phi) is 7.65. The van der Waals surface area contributed by atoms with Crippen molar-refractivity contribution in [2.75, 3.05) is 20.8 Å². The standard InChI is InChI=1S/C21H36O8/c1-13(22)8-11-21(25)19(2,3)9-7-10-20(21,4)28-12-14-17(26-5)15(23)16(24)18(27-6)29-14/h8,11,14-18,23-25H,7,9-10,12H2,1-6H3/b11-8+. The maximum Gasteiger partial charge on any atom is 0.186 e. The van der Waals surface area contributed by atoms with E-state index in [0.29, 0.717) is 6.42 Å². The molecule has 1 aliphatic carbocycles. The molecular weight excluding hydrogens is 380 g/mol. The van der Waals surface area contributed by atoms with Crippen LogP contribution in [-0.2, 0) is 23.7 Å². The Morgan fingerprint density at radius 3 is 2.34 bits per heavy atom. The van der Waals surface area contributed by atoms with Crippen molar-refractivity contribution in [1.29, 1.82) is 0 Å². The monoisotopic (exact) mass is 416 g/mol. The molecule has 0 aromatic heterocycles. The molecule has 7 unspecified atom stereocenters. The van der Waals surface area contributed by atoms with Crippen LogP contribution in [0, 0.1) is 5.41 Å². The molecule has 0 bridgehead atoms. The van der Waals surface area contributed by atoms with Crippen LogP contribution in [0.15, 0.2) is 12.2 Å². The van der Waals surface area contributed by atoms with Gasteiger partial charge in [-0.15, -0.1) is 0 Å². The van der Waals surface area contributed by atoms with Crippen molar-refractivity contribution >= 4 is 5.78 Å². The SMILES string of the molecule is COC1OC(COC2(C)CCCC(C)(C)C2(O)/C=C/C(C)=O)C(OC)C(O)C1O. The fourth-order valence-corrected chi connectivity index (χ4v) is 4.58. The van der Waals surface area contributed by atoms with Gasteiger partial charge in [-0.05, 0) is 50.7 Å². The minimum atomic E-state index is -1.39. The normalized spacial score (nSPS) is 42.9. The first-order valence-corrected chi connectivity index (χ1v) is 10.1. The molecule has 3 N–H and O–H groups in total. The molecule has 2 fully saturated rings. The van der Waals surface area contributed by atoms with Crippen LogP contribution in [0.1, 0.15) is 47.0 Å². The molecule has 0 radical (unpaired) electrons. The van der Waals surface area contributed by atoms with E-state index in [4.69, 9.17) is 18.9 Å². The molecule has 0 aromatic rings. The molecule has 0 aromatic carbocycles. The molecule has 1 heterocycles. The highest BCUT2D eigenvalue weighted by Crippen LogP contribution is 2.52. The Morgan fingerprint density at radius 1 is 1.14 bits per heavy atom. The summed E-state index contributed by atoms with van der Waals surface area (Å²) in [5, 5.41) is 32.1. The van der Waals surface area contributed by atoms with Gasteiger partial charge in [0.2, 0.25) is 0 Å². The third kappa shape index (κ3) is 4.58. The third-order valence-corrected chi connectivity index (χ3v) is 6.56. The molecule has 0 spiro atoms. The molecule has 1 saturated heterocycles. The average molecular weight is 417 g/mol. The number of hydrogen-bond acceptors (Lipinski definition) is 8. The molecule has 1 saturated carbocycles. The number of ketones is 1. The van der Waals surface area contributed by atoms with E-state index in [2.05, 4.69) is 0 Å². The van der Waals surface area contributed by atoms with Crippen LogP contribution in [0.4, 0.5) is 0 Å². The van der Waals surface area contributed by atoms with E-state index in [9.17, 15) is 20.1 Å². The largest absolute Gasteiger partial charge is 0.387 e. The molecule has 168 valence electrons. The van der Waals surface area contributed by atoms with Crippen LogP contribution >= 0.6 is 0 Å². The molecular formula is C21H36O8. The molecule has 2 rings (SSSR count). The van der Waals surface area contributed by atoms with E-state index in [0.717, 1.165) is 12.8 Å². The number of allylic oxidation sites excluding steroid dienone is 1. The van der Waals surface area contributed by atoms with Crippen LogP contribution in [0.3, 0.4) is 0 Å². The molecule has 8 heteroatoms. The third-order valence-electron chi connectivity index (χ3n) is 6.56. The zero-order valence-electron chi connectivity index (χ0n) is 18.3. The first kappa shape index (κ1) is 24.4. The van der Waals surface area contributed by atoms with Crippen molar-refractivity contribution in [3.05, 3.63) is 12.2 Å². The lowest BCUT2D eigenvalue weighted by molar-refractivity contribution is -0.311. The summed E-state index contributed by atoms with van der Waals surface area (Å²) in [6.07, 6.45) is 0.119. The van der Waals surface area contributed by atoms with E-state index in [-0.39, 0.29) is 12.4 Å². The smallest absolute Gasteiger partial charge is 0.186 e. The van der Waals surface area contributed by atoms with Crippen molar-refractivity contribution < 1.29 is 39.1 Å². The van der Waals surface area contributed by atoms with E-state index in [1.54, 1.807) is 6.08 Å². The molecule has 7 atom stereocenters. The zero-order chi connectivity index (χ0) is 22.0. The number of ether oxygens (including phenoxy) is 4. The Balaban J connectivity index is 2.26. The van der Waals surface area contributed by atoms with E-state index in [1.165, 1.54) is 27.2 Å². The molecule has 0 amide bonds. The molecule has 8 nitrogen and oxygen atoms in total. The van der Waals surface area contributed by atoms with Gasteiger partial charge in [-0.25, -0.2) is 0 Å². The Hall–Kier alpha value is -0.870. The van der Waals surface area contributed by atoms with Gasteiger partial charge in [-0.1, -0.05) is 13.8 Å². The first-order chi connectivity index (χ1) is 13.4. The van der Waals surface area contributed by atoms with Gasteiger partial charge in [-0.3, -0.25) is 4.79 Å². The summed E-state index contributed by atoms with van der Waals surface area (Å²) in [7, 11) is 2.80. The van der Waals surface area contributed by atoms with E-state index in [1.807, 2.05) is 20.8 Å². The maximum absolute atomic E-state index is 11.7. The van der Waals surface area contributed by atoms with Gasteiger partial charge in [0, 0.05) is 14.2 Å². The highest BCUT2D eigenvalue weighted by Gasteiger charge is 2.58. The number of carbonyl (C=O) groups excluding carboxylic acids is 1. The highest BCUT2D eigenvalue weighted by molar-refractivity contribution is 5.87. The van der Waals surface area contributed by atoms with Gasteiger partial charge < -0.3 is 34.3 Å². The summed E-state index contributed by atoms with van der Waals surface area (Å²) < 4.78 is 22.4. The van der Waals surface area contributed by atoms with Crippen LogP contribution in [-0.4, -0.2) is 83.8 Å². The topological polar surface area (TPSA) is 115 Å². The van der Waals surface area contributed by atoms with Crippen molar-refractivity contribution in [2.45, 2.75) is 88.9 Å². The van der Waals surface area contributed by atoms with Crippen molar-refractivity contribution in [1.82, 2.24) is 0 Å². The number of aliphatic hydroxyl groups is 3. The Bertz CT molecular complexity index is 605. The maximum atomic E-state index is 11.7. The Morgan fingerprint density at radius 2 is 1.79 bits per heavy atom. The van der Waals surface area contributed by atoms with Crippen LogP contribution in [0.5, 0.6) is 0 Å². The van der Waals surface area contributed by atoms with Crippen molar-refractivity contribution in [2.24, 2.45) is 5.41 Å². The van der Waals surface area contributed by atoms with E-state index >= 15 is 0 Å². The second-order valence-electron chi connectivity index (χ2n) is 8.95.